The van der Waals surface area contributed by atoms with Crippen LogP contribution >= 0.6 is 9.90 Å². The predicted molar refractivity (Wildman–Crippen MR) is 91.2 cm³/mol. The van der Waals surface area contributed by atoms with E-state index in [0.717, 1.165) is 0 Å². The molecule has 0 nitrogen and oxygen atoms in total. The maximum atomic E-state index is 2.89. The van der Waals surface area contributed by atoms with Crippen molar-refractivity contribution in [1.29, 1.82) is 0 Å². The minimum atomic E-state index is 0. The number of hydrogen-bond acceptors (Lipinski definition) is 0. The van der Waals surface area contributed by atoms with Crippen LogP contribution in [-0.2, 0) is 20.4 Å². The van der Waals surface area contributed by atoms with Gasteiger partial charge >= 0.3 is 0 Å². The first-order valence-electron chi connectivity index (χ1n) is 7.54. The molecule has 2 aliphatic carbocycles. The van der Waals surface area contributed by atoms with Gasteiger partial charge < -0.3 is 12.8 Å². The van der Waals surface area contributed by atoms with Gasteiger partial charge in [0.25, 0.3) is 0 Å². The van der Waals surface area contributed by atoms with Crippen LogP contribution < -0.4 is 0 Å². The van der Waals surface area contributed by atoms with Crippen LogP contribution in [0.15, 0.2) is 30.3 Å². The van der Waals surface area contributed by atoms with Crippen molar-refractivity contribution >= 4 is 9.90 Å². The summed E-state index contributed by atoms with van der Waals surface area (Å²) >= 11 is 0. The molecule has 0 heterocycles. The predicted octanol–water partition coefficient (Wildman–Crippen LogP) is 5.85. The molecule has 2 saturated carbocycles. The zero-order valence-electron chi connectivity index (χ0n) is 12.6. The Morgan fingerprint density at radius 3 is 1.10 bits per heavy atom. The summed E-state index contributed by atoms with van der Waals surface area (Å²) in [5.41, 5.74) is 0. The van der Waals surface area contributed by atoms with Crippen LogP contribution in [0.25, 0.3) is 0 Å². The average Bonchev–Trinajstić information content (AvgIpc) is 2.54. The molecule has 2 heteroatoms. The van der Waals surface area contributed by atoms with E-state index in [4.69, 9.17) is 0 Å². The standard InChI is InChI=1S/2C6H11.C6H5.H3P.Pd/c3*1-2-4-6-5-3-1;;/h2*1H,2-6H2;1-5H;1H3;/q3*-1;;. The third-order valence-electron chi connectivity index (χ3n) is 3.24. The first-order chi connectivity index (χ1) is 9.00. The summed E-state index contributed by atoms with van der Waals surface area (Å²) in [4.78, 5) is 0. The van der Waals surface area contributed by atoms with Crippen molar-refractivity contribution in [2.24, 2.45) is 0 Å². The zero-order valence-corrected chi connectivity index (χ0v) is 15.6. The second-order valence-corrected chi connectivity index (χ2v) is 4.93. The van der Waals surface area contributed by atoms with Gasteiger partial charge in [0.15, 0.2) is 0 Å². The quantitative estimate of drug-likeness (QED) is 0.299. The topological polar surface area (TPSA) is 0 Å². The average molecular weight is 384 g/mol. The molecule has 1 aromatic rings. The Kier molecular flexibility index (Phi) is 21.8. The van der Waals surface area contributed by atoms with Gasteiger partial charge in [0.2, 0.25) is 0 Å². The molecule has 2 aliphatic rings. The fraction of sp³-hybridized carbons (Fsp3) is 0.556. The first-order valence-corrected chi connectivity index (χ1v) is 7.54. The monoisotopic (exact) mass is 383 g/mol. The third kappa shape index (κ3) is 16.4. The molecule has 1 atom stereocenters. The SMILES string of the molecule is P.[CH-]1CCCCC1.[CH-]1CCCCC1.[Pd].[c-]1ccccc1. The van der Waals surface area contributed by atoms with Gasteiger partial charge in [-0.1, -0.05) is 38.5 Å². The molecule has 0 amide bonds. The van der Waals surface area contributed by atoms with Crippen molar-refractivity contribution in [2.75, 3.05) is 0 Å². The Bertz CT molecular complexity index is 181. The van der Waals surface area contributed by atoms with E-state index < -0.39 is 0 Å². The molecular formula is C18H30PPd-3. The molecule has 0 aromatic heterocycles. The molecule has 0 bridgehead atoms. The second-order valence-electron chi connectivity index (χ2n) is 4.93. The molecule has 0 radical (unpaired) electrons. The van der Waals surface area contributed by atoms with E-state index >= 15 is 0 Å². The molecular weight excluding hydrogens is 354 g/mol. The largest absolute Gasteiger partial charge is 0.328 e. The van der Waals surface area contributed by atoms with Crippen molar-refractivity contribution in [2.45, 2.75) is 64.2 Å². The minimum Gasteiger partial charge on any atom is -0.328 e. The van der Waals surface area contributed by atoms with Crippen molar-refractivity contribution in [3.8, 4) is 0 Å². The minimum absolute atomic E-state index is 0. The van der Waals surface area contributed by atoms with Crippen LogP contribution in [-0.4, -0.2) is 0 Å². The van der Waals surface area contributed by atoms with Gasteiger partial charge in [-0.3, -0.25) is 0 Å². The number of rotatable bonds is 0. The summed E-state index contributed by atoms with van der Waals surface area (Å²) in [6.45, 7) is 0. The Morgan fingerprint density at radius 1 is 0.600 bits per heavy atom. The fourth-order valence-electron chi connectivity index (χ4n) is 2.14. The second kappa shape index (κ2) is 19.3. The molecule has 20 heavy (non-hydrogen) atoms. The molecule has 2 fully saturated rings. The van der Waals surface area contributed by atoms with Crippen LogP contribution in [0.2, 0.25) is 0 Å². The number of benzene rings is 1. The van der Waals surface area contributed by atoms with E-state index in [0.29, 0.717) is 0 Å². The molecule has 0 saturated heterocycles. The molecule has 3 rings (SSSR count). The summed E-state index contributed by atoms with van der Waals surface area (Å²) < 4.78 is 0. The fourth-order valence-corrected chi connectivity index (χ4v) is 2.14. The van der Waals surface area contributed by atoms with Gasteiger partial charge in [-0.05, 0) is 0 Å². The van der Waals surface area contributed by atoms with E-state index in [1.807, 2.05) is 30.3 Å². The van der Waals surface area contributed by atoms with Crippen molar-refractivity contribution in [3.63, 3.8) is 0 Å². The Morgan fingerprint density at radius 2 is 1.00 bits per heavy atom. The zero-order chi connectivity index (χ0) is 12.7. The van der Waals surface area contributed by atoms with Crippen molar-refractivity contribution in [1.82, 2.24) is 0 Å². The van der Waals surface area contributed by atoms with Crippen LogP contribution in [0.4, 0.5) is 0 Å². The molecule has 120 valence electrons. The normalized spacial score (nSPS) is 16.8. The van der Waals surface area contributed by atoms with Crippen LogP contribution in [0.1, 0.15) is 64.2 Å². The summed E-state index contributed by atoms with van der Waals surface area (Å²) in [6, 6.07) is 12.5. The Hall–Kier alpha value is 0.312. The molecule has 0 aliphatic heterocycles. The van der Waals surface area contributed by atoms with Crippen molar-refractivity contribution < 1.29 is 20.4 Å². The van der Waals surface area contributed by atoms with Crippen LogP contribution in [0, 0.1) is 18.9 Å². The van der Waals surface area contributed by atoms with E-state index in [-0.39, 0.29) is 30.3 Å². The summed E-state index contributed by atoms with van der Waals surface area (Å²) in [7, 11) is 0. The van der Waals surface area contributed by atoms with Gasteiger partial charge in [-0.25, -0.2) is 0 Å². The Labute approximate surface area is 143 Å². The summed E-state index contributed by atoms with van der Waals surface area (Å²) in [5, 5.41) is 0. The van der Waals surface area contributed by atoms with E-state index in [2.05, 4.69) is 18.9 Å². The van der Waals surface area contributed by atoms with Crippen LogP contribution in [0.3, 0.4) is 0 Å². The van der Waals surface area contributed by atoms with Gasteiger partial charge in [0.1, 0.15) is 0 Å². The maximum absolute atomic E-state index is 2.89. The van der Waals surface area contributed by atoms with Crippen LogP contribution in [0.5, 0.6) is 0 Å². The van der Waals surface area contributed by atoms with E-state index in [1.165, 1.54) is 64.2 Å². The van der Waals surface area contributed by atoms with E-state index in [9.17, 15) is 0 Å². The molecule has 1 aromatic carbocycles. The summed E-state index contributed by atoms with van der Waals surface area (Å²) in [6.07, 6.45) is 19.0. The van der Waals surface area contributed by atoms with Crippen molar-refractivity contribution in [3.05, 3.63) is 49.2 Å². The van der Waals surface area contributed by atoms with Gasteiger partial charge in [0.05, 0.1) is 0 Å². The van der Waals surface area contributed by atoms with E-state index in [1.54, 1.807) is 0 Å². The number of hydrogen-bond donors (Lipinski definition) is 0. The molecule has 0 N–H and O–H groups in total. The van der Waals surface area contributed by atoms with Gasteiger partial charge in [-0.2, -0.15) is 72.0 Å². The molecule has 0 spiro atoms. The Balaban J connectivity index is 0. The third-order valence-corrected chi connectivity index (χ3v) is 3.24. The summed E-state index contributed by atoms with van der Waals surface area (Å²) in [5.74, 6) is 0. The van der Waals surface area contributed by atoms with Gasteiger partial charge in [-0.15, -0.1) is 0 Å². The smallest absolute Gasteiger partial charge is 0 e. The molecule has 1 unspecified atom stereocenters. The first kappa shape index (κ1) is 22.6. The maximum Gasteiger partial charge on any atom is 0 e. The van der Waals surface area contributed by atoms with Gasteiger partial charge in [0, 0.05) is 20.4 Å².